The molecule has 98 valence electrons. The maximum Gasteiger partial charge on any atom is 0.0344 e. The third-order valence-corrected chi connectivity index (χ3v) is 4.43. The number of nitrogens with one attached hydrogen (secondary N) is 1. The zero-order valence-corrected chi connectivity index (χ0v) is 12.4. The Morgan fingerprint density at radius 2 is 1.94 bits per heavy atom. The van der Waals surface area contributed by atoms with E-state index in [1.165, 1.54) is 41.0 Å². The summed E-state index contributed by atoms with van der Waals surface area (Å²) < 4.78 is 0. The molecule has 1 heteroatoms. The molecule has 0 aromatic rings. The standard InChI is InChI=1S/C17H25N/c1-6-7-15-8-9-16(10-15)18-17-13(4)11(2)12(3)14(17)5/h9-10,13,18H,6-8H2,1-5H3. The van der Waals surface area contributed by atoms with Crippen molar-refractivity contribution in [2.45, 2.75) is 53.9 Å². The molecule has 0 saturated carbocycles. The van der Waals surface area contributed by atoms with E-state index in [-0.39, 0.29) is 0 Å². The molecule has 1 N–H and O–H groups in total. The smallest absolute Gasteiger partial charge is 0.0344 e. The van der Waals surface area contributed by atoms with Gasteiger partial charge in [0.25, 0.3) is 0 Å². The maximum atomic E-state index is 3.65. The highest BCUT2D eigenvalue weighted by Gasteiger charge is 2.24. The highest BCUT2D eigenvalue weighted by atomic mass is 14.9. The molecule has 2 rings (SSSR count). The van der Waals surface area contributed by atoms with Crippen LogP contribution in [-0.2, 0) is 0 Å². The van der Waals surface area contributed by atoms with Crippen molar-refractivity contribution in [1.82, 2.24) is 5.32 Å². The van der Waals surface area contributed by atoms with Crippen LogP contribution in [0.4, 0.5) is 0 Å². The van der Waals surface area contributed by atoms with Gasteiger partial charge in [-0.25, -0.2) is 0 Å². The third kappa shape index (κ3) is 2.31. The molecule has 0 aliphatic heterocycles. The van der Waals surface area contributed by atoms with Crippen LogP contribution in [0.3, 0.4) is 0 Å². The molecule has 0 heterocycles. The van der Waals surface area contributed by atoms with Gasteiger partial charge in [0.05, 0.1) is 0 Å². The van der Waals surface area contributed by atoms with Gasteiger partial charge in [-0.2, -0.15) is 0 Å². The molecule has 0 saturated heterocycles. The van der Waals surface area contributed by atoms with Crippen LogP contribution in [0, 0.1) is 5.92 Å². The van der Waals surface area contributed by atoms with Crippen LogP contribution in [0.2, 0.25) is 0 Å². The summed E-state index contributed by atoms with van der Waals surface area (Å²) in [6.07, 6.45) is 8.25. The van der Waals surface area contributed by atoms with Crippen molar-refractivity contribution in [3.8, 4) is 0 Å². The number of rotatable bonds is 4. The van der Waals surface area contributed by atoms with Gasteiger partial charge >= 0.3 is 0 Å². The molecule has 0 aromatic carbocycles. The Morgan fingerprint density at radius 3 is 2.50 bits per heavy atom. The molecule has 1 nitrogen and oxygen atoms in total. The molecule has 18 heavy (non-hydrogen) atoms. The number of hydrogen-bond donors (Lipinski definition) is 1. The fraction of sp³-hybridized carbons (Fsp3) is 0.529. The number of hydrogen-bond acceptors (Lipinski definition) is 1. The first-order valence-electron chi connectivity index (χ1n) is 7.09. The zero-order chi connectivity index (χ0) is 13.3. The van der Waals surface area contributed by atoms with E-state index in [4.69, 9.17) is 0 Å². The highest BCUT2D eigenvalue weighted by molar-refractivity contribution is 5.48. The SMILES string of the molecule is CCCC1=CC(NC2=C(C)C(C)=C(C)C2C)=CC1. The molecule has 0 spiro atoms. The molecule has 2 aliphatic carbocycles. The molecule has 0 radical (unpaired) electrons. The minimum Gasteiger partial charge on any atom is -0.358 e. The predicted molar refractivity (Wildman–Crippen MR) is 79.1 cm³/mol. The van der Waals surface area contributed by atoms with Gasteiger partial charge in [0, 0.05) is 17.3 Å². The van der Waals surface area contributed by atoms with Crippen LogP contribution in [0.1, 0.15) is 53.9 Å². The van der Waals surface area contributed by atoms with Crippen molar-refractivity contribution in [2.75, 3.05) is 0 Å². The minimum absolute atomic E-state index is 0.537. The van der Waals surface area contributed by atoms with Gasteiger partial charge in [-0.05, 0) is 50.8 Å². The Balaban J connectivity index is 2.09. The summed E-state index contributed by atoms with van der Waals surface area (Å²) in [5.74, 6) is 0.537. The lowest BCUT2D eigenvalue weighted by Gasteiger charge is -2.15. The van der Waals surface area contributed by atoms with Gasteiger partial charge in [-0.3, -0.25) is 0 Å². The monoisotopic (exact) mass is 243 g/mol. The molecular formula is C17H25N. The highest BCUT2D eigenvalue weighted by Crippen LogP contribution is 2.36. The van der Waals surface area contributed by atoms with Crippen molar-refractivity contribution in [2.24, 2.45) is 5.92 Å². The van der Waals surface area contributed by atoms with Crippen molar-refractivity contribution in [3.63, 3.8) is 0 Å². The number of allylic oxidation sites excluding steroid dienone is 6. The Hall–Kier alpha value is -1.24. The summed E-state index contributed by atoms with van der Waals surface area (Å²) in [5.41, 5.74) is 8.64. The third-order valence-electron chi connectivity index (χ3n) is 4.43. The summed E-state index contributed by atoms with van der Waals surface area (Å²) in [6.45, 7) is 11.3. The zero-order valence-electron chi connectivity index (χ0n) is 12.4. The van der Waals surface area contributed by atoms with Gasteiger partial charge in [-0.15, -0.1) is 0 Å². The topological polar surface area (TPSA) is 12.0 Å². The summed E-state index contributed by atoms with van der Waals surface area (Å²) >= 11 is 0. The van der Waals surface area contributed by atoms with Gasteiger partial charge < -0.3 is 5.32 Å². The van der Waals surface area contributed by atoms with E-state index in [0.29, 0.717) is 5.92 Å². The Labute approximate surface area is 111 Å². The lowest BCUT2D eigenvalue weighted by molar-refractivity contribution is 0.743. The van der Waals surface area contributed by atoms with E-state index < -0.39 is 0 Å². The van der Waals surface area contributed by atoms with Gasteiger partial charge in [0.1, 0.15) is 0 Å². The quantitative estimate of drug-likeness (QED) is 0.744. The van der Waals surface area contributed by atoms with Gasteiger partial charge in [0.15, 0.2) is 0 Å². The first kappa shape index (κ1) is 13.2. The lowest BCUT2D eigenvalue weighted by Crippen LogP contribution is -2.16. The van der Waals surface area contributed by atoms with Crippen LogP contribution in [0.5, 0.6) is 0 Å². The van der Waals surface area contributed by atoms with E-state index in [0.717, 1.165) is 6.42 Å². The molecule has 2 aliphatic rings. The average molecular weight is 243 g/mol. The van der Waals surface area contributed by atoms with Crippen molar-refractivity contribution >= 4 is 0 Å². The minimum atomic E-state index is 0.537. The summed E-state index contributed by atoms with van der Waals surface area (Å²) in [4.78, 5) is 0. The first-order valence-corrected chi connectivity index (χ1v) is 7.09. The summed E-state index contributed by atoms with van der Waals surface area (Å²) in [5, 5.41) is 3.65. The maximum absolute atomic E-state index is 3.65. The molecule has 0 aromatic heterocycles. The van der Waals surface area contributed by atoms with Gasteiger partial charge in [-0.1, -0.05) is 37.5 Å². The Kier molecular flexibility index (Phi) is 3.79. The second-order valence-corrected chi connectivity index (χ2v) is 5.61. The Morgan fingerprint density at radius 1 is 1.22 bits per heavy atom. The van der Waals surface area contributed by atoms with Gasteiger partial charge in [0.2, 0.25) is 0 Å². The predicted octanol–water partition coefficient (Wildman–Crippen LogP) is 4.85. The van der Waals surface area contributed by atoms with Crippen LogP contribution < -0.4 is 5.32 Å². The van der Waals surface area contributed by atoms with Crippen molar-refractivity contribution in [3.05, 3.63) is 45.8 Å². The molecule has 0 bridgehead atoms. The van der Waals surface area contributed by atoms with Crippen LogP contribution >= 0.6 is 0 Å². The van der Waals surface area contributed by atoms with Crippen LogP contribution in [0.15, 0.2) is 45.8 Å². The van der Waals surface area contributed by atoms with Crippen LogP contribution in [0.25, 0.3) is 0 Å². The van der Waals surface area contributed by atoms with E-state index in [1.807, 2.05) is 0 Å². The van der Waals surface area contributed by atoms with E-state index in [1.54, 1.807) is 5.57 Å². The molecular weight excluding hydrogens is 218 g/mol. The van der Waals surface area contributed by atoms with Crippen molar-refractivity contribution in [1.29, 1.82) is 0 Å². The molecule has 0 amide bonds. The first-order chi connectivity index (χ1) is 8.54. The molecule has 0 fully saturated rings. The largest absolute Gasteiger partial charge is 0.358 e. The normalized spacial score (nSPS) is 23.7. The summed E-state index contributed by atoms with van der Waals surface area (Å²) in [7, 11) is 0. The lowest BCUT2D eigenvalue weighted by atomic mass is 10.0. The second kappa shape index (κ2) is 5.17. The molecule has 1 unspecified atom stereocenters. The summed E-state index contributed by atoms with van der Waals surface area (Å²) in [6, 6.07) is 0. The average Bonchev–Trinajstić information content (AvgIpc) is 2.86. The second-order valence-electron chi connectivity index (χ2n) is 5.61. The molecule has 1 atom stereocenters. The van der Waals surface area contributed by atoms with Crippen molar-refractivity contribution < 1.29 is 0 Å². The fourth-order valence-electron chi connectivity index (χ4n) is 2.88. The van der Waals surface area contributed by atoms with Crippen LogP contribution in [-0.4, -0.2) is 0 Å². The van der Waals surface area contributed by atoms with E-state index in [2.05, 4.69) is 52.1 Å². The Bertz CT molecular complexity index is 472. The fourth-order valence-corrected chi connectivity index (χ4v) is 2.88. The van der Waals surface area contributed by atoms with E-state index in [9.17, 15) is 0 Å². The van der Waals surface area contributed by atoms with E-state index >= 15 is 0 Å².